The molecule has 5 heteroatoms. The standard InChI is InChI=1S/C16H35NO2SSi/c1-13(17-20(18)14(2,3)4)12-16(8,9)19-21(10,11)15(5,6)7/h12H2,1-11H3/b17-13+. The van der Waals surface area contributed by atoms with Crippen molar-refractivity contribution in [3.8, 4) is 0 Å². The van der Waals surface area contributed by atoms with Gasteiger partial charge in [0.1, 0.15) is 16.1 Å². The maximum absolute atomic E-state index is 12.1. The number of nitrogens with zero attached hydrogens (tertiary/aromatic N) is 1. The zero-order valence-corrected chi connectivity index (χ0v) is 17.7. The van der Waals surface area contributed by atoms with Gasteiger partial charge in [0.15, 0.2) is 8.32 Å². The molecule has 0 saturated heterocycles. The lowest BCUT2D eigenvalue weighted by Gasteiger charge is -2.42. The summed E-state index contributed by atoms with van der Waals surface area (Å²) < 4.78 is 22.6. The summed E-state index contributed by atoms with van der Waals surface area (Å²) in [6.45, 7) is 23.2. The van der Waals surface area contributed by atoms with Gasteiger partial charge in [-0.2, -0.15) is 0 Å². The Hall–Kier alpha value is 0.157. The Balaban J connectivity index is 4.94. The maximum atomic E-state index is 12.1. The van der Waals surface area contributed by atoms with Gasteiger partial charge >= 0.3 is 0 Å². The second-order valence-corrected chi connectivity index (χ2v) is 15.6. The van der Waals surface area contributed by atoms with E-state index >= 15 is 0 Å². The van der Waals surface area contributed by atoms with Gasteiger partial charge in [0.05, 0.1) is 11.3 Å². The van der Waals surface area contributed by atoms with Crippen molar-refractivity contribution in [3.05, 3.63) is 0 Å². The van der Waals surface area contributed by atoms with Gasteiger partial charge in [-0.3, -0.25) is 0 Å². The summed E-state index contributed by atoms with van der Waals surface area (Å²) in [6, 6.07) is 0. The van der Waals surface area contributed by atoms with Gasteiger partial charge in [0, 0.05) is 6.42 Å². The summed E-state index contributed by atoms with van der Waals surface area (Å²) in [5, 5.41) is 0.184. The molecule has 0 aliphatic rings. The smallest absolute Gasteiger partial charge is 0.192 e. The van der Waals surface area contributed by atoms with Crippen molar-refractivity contribution < 1.29 is 8.98 Å². The quantitative estimate of drug-likeness (QED) is 0.399. The van der Waals surface area contributed by atoms with E-state index in [0.29, 0.717) is 6.42 Å². The first-order chi connectivity index (χ1) is 8.98. The van der Waals surface area contributed by atoms with E-state index in [2.05, 4.69) is 52.1 Å². The van der Waals surface area contributed by atoms with Crippen LogP contribution in [0.15, 0.2) is 4.40 Å². The molecule has 0 fully saturated rings. The van der Waals surface area contributed by atoms with Gasteiger partial charge in [0.2, 0.25) is 0 Å². The Kier molecular flexibility index (Phi) is 6.78. The highest BCUT2D eigenvalue weighted by atomic mass is 32.2. The summed E-state index contributed by atoms with van der Waals surface area (Å²) in [7, 11) is -1.81. The molecule has 0 bridgehead atoms. The monoisotopic (exact) mass is 333 g/mol. The highest BCUT2D eigenvalue weighted by molar-refractivity contribution is 7.91. The second-order valence-electron chi connectivity index (χ2n) is 8.99. The molecular formula is C16H35NO2SSi. The zero-order valence-electron chi connectivity index (χ0n) is 15.9. The van der Waals surface area contributed by atoms with Crippen LogP contribution >= 0.6 is 0 Å². The van der Waals surface area contributed by atoms with Crippen LogP contribution in [0, 0.1) is 0 Å². The average Bonchev–Trinajstić information content (AvgIpc) is 2.09. The van der Waals surface area contributed by atoms with Crippen molar-refractivity contribution in [2.24, 2.45) is 4.40 Å². The SMILES string of the molecule is C/C(CC(C)(C)O[Si](C)(C)C(C)(C)C)=N\[S+]([O-])C(C)(C)C. The van der Waals surface area contributed by atoms with Crippen molar-refractivity contribution >= 4 is 25.4 Å². The lowest BCUT2D eigenvalue weighted by molar-refractivity contribution is 0.0993. The van der Waals surface area contributed by atoms with E-state index in [1.807, 2.05) is 27.7 Å². The van der Waals surface area contributed by atoms with Crippen LogP contribution in [0.5, 0.6) is 0 Å². The van der Waals surface area contributed by atoms with Crippen LogP contribution in [0.1, 0.15) is 68.7 Å². The van der Waals surface area contributed by atoms with E-state index in [1.165, 1.54) is 0 Å². The van der Waals surface area contributed by atoms with Crippen LogP contribution < -0.4 is 0 Å². The van der Waals surface area contributed by atoms with Crippen molar-refractivity contribution in [2.75, 3.05) is 0 Å². The fourth-order valence-electron chi connectivity index (χ4n) is 1.81. The minimum atomic E-state index is -1.81. The summed E-state index contributed by atoms with van der Waals surface area (Å²) >= 11 is -1.20. The van der Waals surface area contributed by atoms with Gasteiger partial charge in [-0.05, 0) is 59.7 Å². The van der Waals surface area contributed by atoms with Crippen LogP contribution in [0.2, 0.25) is 18.1 Å². The minimum Gasteiger partial charge on any atom is -0.591 e. The fraction of sp³-hybridized carbons (Fsp3) is 0.938. The first-order valence-electron chi connectivity index (χ1n) is 7.64. The van der Waals surface area contributed by atoms with Crippen LogP contribution in [0.4, 0.5) is 0 Å². The Morgan fingerprint density at radius 3 is 1.81 bits per heavy atom. The van der Waals surface area contributed by atoms with Crippen molar-refractivity contribution in [2.45, 2.75) is 97.2 Å². The van der Waals surface area contributed by atoms with E-state index in [9.17, 15) is 4.55 Å². The first kappa shape index (κ1) is 21.2. The zero-order chi connectivity index (χ0) is 17.3. The number of rotatable bonds is 5. The molecule has 0 radical (unpaired) electrons. The Bertz CT molecular complexity index is 379. The molecule has 0 saturated carbocycles. The summed E-state index contributed by atoms with van der Waals surface area (Å²) in [5.41, 5.74) is 0.616. The second kappa shape index (κ2) is 6.73. The van der Waals surface area contributed by atoms with Crippen molar-refractivity contribution in [1.82, 2.24) is 0 Å². The van der Waals surface area contributed by atoms with E-state index in [4.69, 9.17) is 4.43 Å². The molecule has 3 nitrogen and oxygen atoms in total. The van der Waals surface area contributed by atoms with Gasteiger partial charge in [0.25, 0.3) is 0 Å². The third kappa shape index (κ3) is 7.31. The molecule has 0 heterocycles. The first-order valence-corrected chi connectivity index (χ1v) is 11.7. The molecule has 0 aromatic heterocycles. The molecule has 0 rings (SSSR count). The number of hydrogen-bond acceptors (Lipinski definition) is 3. The molecule has 0 aromatic carbocycles. The molecule has 126 valence electrons. The molecule has 0 aliphatic heterocycles. The third-order valence-electron chi connectivity index (χ3n) is 3.78. The predicted molar refractivity (Wildman–Crippen MR) is 98.0 cm³/mol. The molecule has 0 N–H and O–H groups in total. The van der Waals surface area contributed by atoms with E-state index < -0.39 is 19.7 Å². The maximum Gasteiger partial charge on any atom is 0.192 e. The highest BCUT2D eigenvalue weighted by Gasteiger charge is 2.41. The summed E-state index contributed by atoms with van der Waals surface area (Å²) in [6.07, 6.45) is 0.710. The fourth-order valence-corrected chi connectivity index (χ4v) is 4.19. The molecule has 0 aromatic rings. The Morgan fingerprint density at radius 2 is 1.48 bits per heavy atom. The largest absolute Gasteiger partial charge is 0.591 e. The van der Waals surface area contributed by atoms with Gasteiger partial charge < -0.3 is 8.98 Å². The van der Waals surface area contributed by atoms with Gasteiger partial charge in [-0.15, -0.1) is 0 Å². The average molecular weight is 334 g/mol. The molecule has 0 amide bonds. The molecule has 0 spiro atoms. The molecule has 1 unspecified atom stereocenters. The molecule has 1 atom stereocenters. The molecule has 21 heavy (non-hydrogen) atoms. The predicted octanol–water partition coefficient (Wildman–Crippen LogP) is 5.10. The van der Waals surface area contributed by atoms with Crippen LogP contribution in [0.3, 0.4) is 0 Å². The van der Waals surface area contributed by atoms with E-state index in [-0.39, 0.29) is 15.4 Å². The van der Waals surface area contributed by atoms with Crippen molar-refractivity contribution in [1.29, 1.82) is 0 Å². The molecular weight excluding hydrogens is 298 g/mol. The normalized spacial score (nSPS) is 17.0. The van der Waals surface area contributed by atoms with Crippen LogP contribution in [-0.2, 0) is 15.8 Å². The van der Waals surface area contributed by atoms with Crippen LogP contribution in [-0.4, -0.2) is 28.9 Å². The third-order valence-corrected chi connectivity index (χ3v) is 9.98. The van der Waals surface area contributed by atoms with Gasteiger partial charge in [-0.1, -0.05) is 25.2 Å². The summed E-state index contributed by atoms with van der Waals surface area (Å²) in [5.74, 6) is 0. The van der Waals surface area contributed by atoms with Crippen LogP contribution in [0.25, 0.3) is 0 Å². The topological polar surface area (TPSA) is 44.6 Å². The van der Waals surface area contributed by atoms with Crippen molar-refractivity contribution in [3.63, 3.8) is 0 Å². The highest BCUT2D eigenvalue weighted by Crippen LogP contribution is 2.39. The lowest BCUT2D eigenvalue weighted by atomic mass is 10.0. The minimum absolute atomic E-state index is 0.184. The Labute approximate surface area is 136 Å². The molecule has 0 aliphatic carbocycles. The van der Waals surface area contributed by atoms with Gasteiger partial charge in [-0.25, -0.2) is 0 Å². The summed E-state index contributed by atoms with van der Waals surface area (Å²) in [4.78, 5) is 0. The number of hydrogen-bond donors (Lipinski definition) is 0. The Morgan fingerprint density at radius 1 is 1.05 bits per heavy atom. The van der Waals surface area contributed by atoms with E-state index in [1.54, 1.807) is 0 Å². The van der Waals surface area contributed by atoms with E-state index in [0.717, 1.165) is 5.71 Å². The lowest BCUT2D eigenvalue weighted by Crippen LogP contribution is -2.48.